The number of hydrogen-bond acceptors (Lipinski definition) is 3. The van der Waals surface area contributed by atoms with Gasteiger partial charge in [0.25, 0.3) is 5.91 Å². The van der Waals surface area contributed by atoms with E-state index in [-0.39, 0.29) is 11.7 Å². The van der Waals surface area contributed by atoms with Gasteiger partial charge in [0.2, 0.25) is 0 Å². The molecular weight excluding hydrogens is 391 g/mol. The summed E-state index contributed by atoms with van der Waals surface area (Å²) in [5.41, 5.74) is 3.64. The molecule has 6 heteroatoms. The lowest BCUT2D eigenvalue weighted by Crippen LogP contribution is -2.31. The standard InChI is InChI=1S/C25H23FN4O/c1-19-4-8-22(9-5-19)25(31)30(17-21-3-2-12-27-15-21)18-24-28-13-14-29(24)16-20-6-10-23(26)11-7-20/h2-15H,16-18H2,1H3. The number of imidazole rings is 1. The Morgan fingerprint density at radius 2 is 1.74 bits per heavy atom. The molecule has 0 atom stereocenters. The summed E-state index contributed by atoms with van der Waals surface area (Å²) in [6, 6.07) is 17.8. The summed E-state index contributed by atoms with van der Waals surface area (Å²) in [5, 5.41) is 0. The Kier molecular flexibility index (Phi) is 6.17. The molecule has 156 valence electrons. The van der Waals surface area contributed by atoms with Crippen molar-refractivity contribution in [2.75, 3.05) is 0 Å². The Labute approximate surface area is 180 Å². The van der Waals surface area contributed by atoms with E-state index in [4.69, 9.17) is 0 Å². The van der Waals surface area contributed by atoms with Gasteiger partial charge < -0.3 is 9.47 Å². The summed E-state index contributed by atoms with van der Waals surface area (Å²) in [4.78, 5) is 23.7. The van der Waals surface area contributed by atoms with Crippen LogP contribution in [0.1, 0.15) is 32.9 Å². The van der Waals surface area contributed by atoms with E-state index in [1.165, 1.54) is 12.1 Å². The fourth-order valence-corrected chi connectivity index (χ4v) is 3.38. The Bertz CT molecular complexity index is 1140. The molecule has 2 aromatic carbocycles. The maximum Gasteiger partial charge on any atom is 0.254 e. The maximum absolute atomic E-state index is 13.3. The second-order valence-electron chi connectivity index (χ2n) is 7.49. The summed E-state index contributed by atoms with van der Waals surface area (Å²) in [6.45, 7) is 3.31. The van der Waals surface area contributed by atoms with E-state index in [0.29, 0.717) is 25.2 Å². The molecule has 0 bridgehead atoms. The minimum Gasteiger partial charge on any atom is -0.329 e. The van der Waals surface area contributed by atoms with Crippen molar-refractivity contribution >= 4 is 5.91 Å². The largest absolute Gasteiger partial charge is 0.329 e. The van der Waals surface area contributed by atoms with Crippen LogP contribution < -0.4 is 0 Å². The first-order valence-corrected chi connectivity index (χ1v) is 10.1. The highest BCUT2D eigenvalue weighted by molar-refractivity contribution is 5.94. The molecule has 0 aliphatic carbocycles. The fraction of sp³-hybridized carbons (Fsp3) is 0.160. The van der Waals surface area contributed by atoms with Gasteiger partial charge in [0.05, 0.1) is 6.54 Å². The quantitative estimate of drug-likeness (QED) is 0.444. The second-order valence-corrected chi connectivity index (χ2v) is 7.49. The highest BCUT2D eigenvalue weighted by Crippen LogP contribution is 2.15. The van der Waals surface area contributed by atoms with Crippen LogP contribution in [0.25, 0.3) is 0 Å². The monoisotopic (exact) mass is 414 g/mol. The lowest BCUT2D eigenvalue weighted by atomic mass is 10.1. The van der Waals surface area contributed by atoms with Crippen LogP contribution >= 0.6 is 0 Å². The summed E-state index contributed by atoms with van der Waals surface area (Å²) in [7, 11) is 0. The number of aromatic nitrogens is 3. The number of pyridine rings is 1. The van der Waals surface area contributed by atoms with Crippen LogP contribution in [0.5, 0.6) is 0 Å². The van der Waals surface area contributed by atoms with Crippen molar-refractivity contribution in [3.05, 3.63) is 119 Å². The minimum absolute atomic E-state index is 0.0693. The molecule has 0 unspecified atom stereocenters. The number of aryl methyl sites for hydroxylation is 1. The minimum atomic E-state index is -0.263. The third kappa shape index (κ3) is 5.22. The number of hydrogen-bond donors (Lipinski definition) is 0. The molecule has 0 aliphatic heterocycles. The Morgan fingerprint density at radius 3 is 2.45 bits per heavy atom. The molecule has 31 heavy (non-hydrogen) atoms. The highest BCUT2D eigenvalue weighted by Gasteiger charge is 2.19. The molecule has 0 fully saturated rings. The number of amides is 1. The average molecular weight is 414 g/mol. The van der Waals surface area contributed by atoms with Crippen molar-refractivity contribution in [1.29, 1.82) is 0 Å². The maximum atomic E-state index is 13.3. The van der Waals surface area contributed by atoms with Gasteiger partial charge in [-0.2, -0.15) is 0 Å². The van der Waals surface area contributed by atoms with E-state index in [2.05, 4.69) is 9.97 Å². The molecule has 2 heterocycles. The van der Waals surface area contributed by atoms with Gasteiger partial charge in [-0.1, -0.05) is 35.9 Å². The summed E-state index contributed by atoms with van der Waals surface area (Å²) < 4.78 is 15.2. The van der Waals surface area contributed by atoms with Gasteiger partial charge in [0, 0.05) is 43.4 Å². The lowest BCUT2D eigenvalue weighted by molar-refractivity contribution is 0.0723. The first-order valence-electron chi connectivity index (χ1n) is 10.1. The average Bonchev–Trinajstić information content (AvgIpc) is 3.22. The van der Waals surface area contributed by atoms with E-state index in [0.717, 1.165) is 22.5 Å². The van der Waals surface area contributed by atoms with Gasteiger partial charge in [0.1, 0.15) is 11.6 Å². The van der Waals surface area contributed by atoms with E-state index in [9.17, 15) is 9.18 Å². The molecule has 0 aliphatic rings. The summed E-state index contributed by atoms with van der Waals surface area (Å²) in [6.07, 6.45) is 7.07. The number of carbonyl (C=O) groups excluding carboxylic acids is 1. The molecule has 4 rings (SSSR count). The Morgan fingerprint density at radius 1 is 0.968 bits per heavy atom. The van der Waals surface area contributed by atoms with E-state index in [1.807, 2.05) is 54.1 Å². The van der Waals surface area contributed by atoms with Crippen molar-refractivity contribution < 1.29 is 9.18 Å². The van der Waals surface area contributed by atoms with Crippen molar-refractivity contribution in [2.24, 2.45) is 0 Å². The van der Waals surface area contributed by atoms with Crippen LogP contribution in [-0.4, -0.2) is 25.3 Å². The van der Waals surface area contributed by atoms with Crippen LogP contribution in [0.3, 0.4) is 0 Å². The summed E-state index contributed by atoms with van der Waals surface area (Å²) in [5.74, 6) is 0.426. The number of halogens is 1. The molecule has 0 saturated heterocycles. The van der Waals surface area contributed by atoms with Crippen molar-refractivity contribution in [1.82, 2.24) is 19.4 Å². The Hall–Kier alpha value is -3.80. The lowest BCUT2D eigenvalue weighted by Gasteiger charge is -2.23. The van der Waals surface area contributed by atoms with Crippen molar-refractivity contribution in [2.45, 2.75) is 26.6 Å². The molecule has 0 saturated carbocycles. The topological polar surface area (TPSA) is 51.0 Å². The van der Waals surface area contributed by atoms with Gasteiger partial charge in [-0.3, -0.25) is 9.78 Å². The number of benzene rings is 2. The predicted octanol–water partition coefficient (Wildman–Crippen LogP) is 4.62. The second kappa shape index (κ2) is 9.34. The zero-order valence-electron chi connectivity index (χ0n) is 17.3. The highest BCUT2D eigenvalue weighted by atomic mass is 19.1. The van der Waals surface area contributed by atoms with E-state index >= 15 is 0 Å². The number of rotatable bonds is 7. The van der Waals surface area contributed by atoms with Crippen molar-refractivity contribution in [3.63, 3.8) is 0 Å². The molecule has 0 radical (unpaired) electrons. The first kappa shape index (κ1) is 20.5. The molecule has 0 N–H and O–H groups in total. The normalized spacial score (nSPS) is 10.8. The number of carbonyl (C=O) groups is 1. The summed E-state index contributed by atoms with van der Waals surface area (Å²) >= 11 is 0. The first-order chi connectivity index (χ1) is 15.1. The van der Waals surface area contributed by atoms with Crippen molar-refractivity contribution in [3.8, 4) is 0 Å². The fourth-order valence-electron chi connectivity index (χ4n) is 3.38. The van der Waals surface area contributed by atoms with E-state index < -0.39 is 0 Å². The molecule has 1 amide bonds. The predicted molar refractivity (Wildman–Crippen MR) is 117 cm³/mol. The van der Waals surface area contributed by atoms with Crippen LogP contribution in [0.15, 0.2) is 85.5 Å². The molecular formula is C25H23FN4O. The third-order valence-corrected chi connectivity index (χ3v) is 5.08. The van der Waals surface area contributed by atoms with Gasteiger partial charge in [-0.05, 0) is 48.4 Å². The smallest absolute Gasteiger partial charge is 0.254 e. The Balaban J connectivity index is 1.59. The van der Waals surface area contributed by atoms with Crippen LogP contribution in [0.2, 0.25) is 0 Å². The zero-order valence-corrected chi connectivity index (χ0v) is 17.3. The molecule has 0 spiro atoms. The molecule has 2 aromatic heterocycles. The SMILES string of the molecule is Cc1ccc(C(=O)N(Cc2cccnc2)Cc2nccn2Cc2ccc(F)cc2)cc1. The third-order valence-electron chi connectivity index (χ3n) is 5.08. The van der Waals surface area contributed by atoms with Gasteiger partial charge in [-0.15, -0.1) is 0 Å². The molecule has 4 aromatic rings. The van der Waals surface area contributed by atoms with Crippen LogP contribution in [0.4, 0.5) is 4.39 Å². The zero-order chi connectivity index (χ0) is 21.6. The number of nitrogens with zero attached hydrogens (tertiary/aromatic N) is 4. The van der Waals surface area contributed by atoms with Crippen LogP contribution in [0, 0.1) is 12.7 Å². The van der Waals surface area contributed by atoms with E-state index in [1.54, 1.807) is 35.6 Å². The van der Waals surface area contributed by atoms with Crippen LogP contribution in [-0.2, 0) is 19.6 Å². The molecule has 5 nitrogen and oxygen atoms in total. The van der Waals surface area contributed by atoms with Gasteiger partial charge in [0.15, 0.2) is 0 Å². The van der Waals surface area contributed by atoms with Gasteiger partial charge >= 0.3 is 0 Å². The van der Waals surface area contributed by atoms with Gasteiger partial charge in [-0.25, -0.2) is 9.37 Å².